The molecule has 3 rings (SSSR count). The fraction of sp³-hybridized carbons (Fsp3) is 0.500. The monoisotopic (exact) mass is 379 g/mol. The van der Waals surface area contributed by atoms with Crippen LogP contribution in [0, 0.1) is 5.92 Å². The van der Waals surface area contributed by atoms with Gasteiger partial charge < -0.3 is 4.90 Å². The maximum absolute atomic E-state index is 13.1. The molecule has 1 aliphatic heterocycles. The summed E-state index contributed by atoms with van der Waals surface area (Å²) in [6.45, 7) is 3.22. The molecule has 0 aliphatic carbocycles. The minimum atomic E-state index is -4.33. The zero-order valence-electron chi connectivity index (χ0n) is 15.4. The number of carbonyl (C=O) groups excluding carboxylic acids is 1. The summed E-state index contributed by atoms with van der Waals surface area (Å²) in [5.41, 5.74) is 1.09. The van der Waals surface area contributed by atoms with E-state index in [1.54, 1.807) is 23.1 Å². The summed E-state index contributed by atoms with van der Waals surface area (Å²) in [6.07, 6.45) is -0.757. The Balaban J connectivity index is 1.61. The van der Waals surface area contributed by atoms with Gasteiger partial charge in [0.15, 0.2) is 0 Å². The summed E-state index contributed by atoms with van der Waals surface area (Å²) >= 11 is 0. The minimum Gasteiger partial charge on any atom is -0.337 e. The van der Waals surface area contributed by atoms with Gasteiger partial charge in [-0.05, 0) is 55.7 Å². The second-order valence-electron chi connectivity index (χ2n) is 7.08. The summed E-state index contributed by atoms with van der Waals surface area (Å²) in [5, 5.41) is 6.93. The van der Waals surface area contributed by atoms with Crippen molar-refractivity contribution in [2.75, 3.05) is 13.1 Å². The van der Waals surface area contributed by atoms with Gasteiger partial charge in [-0.15, -0.1) is 0 Å². The predicted octanol–water partition coefficient (Wildman–Crippen LogP) is 4.48. The van der Waals surface area contributed by atoms with Gasteiger partial charge in [0.05, 0.1) is 5.56 Å². The van der Waals surface area contributed by atoms with Crippen molar-refractivity contribution in [1.29, 1.82) is 0 Å². The highest BCUT2D eigenvalue weighted by Gasteiger charge is 2.33. The first kappa shape index (κ1) is 19.5. The van der Waals surface area contributed by atoms with Crippen LogP contribution in [0.25, 0.3) is 0 Å². The molecular formula is C20H24F3N3O. The zero-order chi connectivity index (χ0) is 19.4. The van der Waals surface area contributed by atoms with Crippen LogP contribution < -0.4 is 0 Å². The quantitative estimate of drug-likeness (QED) is 0.833. The third kappa shape index (κ3) is 4.70. The predicted molar refractivity (Wildman–Crippen MR) is 96.4 cm³/mol. The lowest BCUT2D eigenvalue weighted by Crippen LogP contribution is -2.40. The number of alkyl halides is 3. The molecule has 27 heavy (non-hydrogen) atoms. The molecule has 1 fully saturated rings. The molecule has 1 aliphatic rings. The van der Waals surface area contributed by atoms with E-state index in [1.807, 2.05) is 6.92 Å². The third-order valence-electron chi connectivity index (χ3n) is 5.18. The lowest BCUT2D eigenvalue weighted by atomic mass is 9.90. The largest absolute Gasteiger partial charge is 0.416 e. The van der Waals surface area contributed by atoms with Gasteiger partial charge in [-0.3, -0.25) is 9.89 Å². The van der Waals surface area contributed by atoms with Crippen molar-refractivity contribution >= 4 is 5.91 Å². The third-order valence-corrected chi connectivity index (χ3v) is 5.18. The molecule has 146 valence electrons. The number of piperidine rings is 1. The number of nitrogens with one attached hydrogen (secondary N) is 1. The molecule has 1 aromatic carbocycles. The number of halogens is 3. The van der Waals surface area contributed by atoms with E-state index < -0.39 is 11.7 Å². The molecule has 1 N–H and O–H groups in total. The molecule has 1 saturated heterocycles. The summed E-state index contributed by atoms with van der Waals surface area (Å²) in [6, 6.07) is 7.51. The highest BCUT2D eigenvalue weighted by atomic mass is 19.4. The number of rotatable bonds is 5. The van der Waals surface area contributed by atoms with Crippen molar-refractivity contribution in [3.8, 4) is 0 Å². The van der Waals surface area contributed by atoms with Crippen LogP contribution in [0.5, 0.6) is 0 Å². The van der Waals surface area contributed by atoms with Gasteiger partial charge in [-0.2, -0.15) is 18.3 Å². The van der Waals surface area contributed by atoms with Crippen molar-refractivity contribution in [3.05, 3.63) is 52.8 Å². The lowest BCUT2D eigenvalue weighted by Gasteiger charge is -2.32. The summed E-state index contributed by atoms with van der Waals surface area (Å²) in [7, 11) is 0. The topological polar surface area (TPSA) is 49.0 Å². The molecule has 0 spiro atoms. The number of hydrogen-bond donors (Lipinski definition) is 1. The van der Waals surface area contributed by atoms with Gasteiger partial charge in [-0.1, -0.05) is 25.1 Å². The Hall–Kier alpha value is -2.31. The Labute approximate surface area is 156 Å². The number of aromatic nitrogens is 2. The molecule has 0 saturated carbocycles. The van der Waals surface area contributed by atoms with Crippen molar-refractivity contribution in [3.63, 3.8) is 0 Å². The Kier molecular flexibility index (Phi) is 5.87. The average molecular weight is 379 g/mol. The van der Waals surface area contributed by atoms with Crippen LogP contribution in [-0.2, 0) is 19.0 Å². The van der Waals surface area contributed by atoms with Crippen LogP contribution in [0.3, 0.4) is 0 Å². The number of aromatic amines is 1. The number of H-pyrrole nitrogens is 1. The standard InChI is InChI=1S/C20H24F3N3O/c1-2-16-12-18(25-24-16)19(27)26-11-5-6-14(13-26)9-10-15-7-3-4-8-17(15)20(21,22)23/h3-4,7-8,12,14H,2,5-6,9-11,13H2,1H3,(H,24,25). The van der Waals surface area contributed by atoms with Gasteiger partial charge >= 0.3 is 6.18 Å². The van der Waals surface area contributed by atoms with Gasteiger partial charge in [0, 0.05) is 18.8 Å². The van der Waals surface area contributed by atoms with Gasteiger partial charge in [-0.25, -0.2) is 0 Å². The summed E-state index contributed by atoms with van der Waals surface area (Å²) in [4.78, 5) is 14.4. The Bertz CT molecular complexity index is 785. The SMILES string of the molecule is CCc1cc(C(=O)N2CCCC(CCc3ccccc3C(F)(F)F)C2)n[nH]1. The van der Waals surface area contributed by atoms with E-state index in [0.717, 1.165) is 31.0 Å². The van der Waals surface area contributed by atoms with Crippen LogP contribution in [0.4, 0.5) is 13.2 Å². The normalized spacial score (nSPS) is 17.9. The van der Waals surface area contributed by atoms with Crippen LogP contribution >= 0.6 is 0 Å². The second-order valence-corrected chi connectivity index (χ2v) is 7.08. The molecule has 0 radical (unpaired) electrons. The van der Waals surface area contributed by atoms with Crippen molar-refractivity contribution < 1.29 is 18.0 Å². The zero-order valence-corrected chi connectivity index (χ0v) is 15.4. The van der Waals surface area contributed by atoms with Crippen molar-refractivity contribution in [1.82, 2.24) is 15.1 Å². The number of hydrogen-bond acceptors (Lipinski definition) is 2. The minimum absolute atomic E-state index is 0.105. The molecule has 7 heteroatoms. The maximum atomic E-state index is 13.1. The Morgan fingerprint density at radius 2 is 2.11 bits per heavy atom. The number of aryl methyl sites for hydroxylation is 2. The first-order valence-corrected chi connectivity index (χ1v) is 9.37. The lowest BCUT2D eigenvalue weighted by molar-refractivity contribution is -0.138. The highest BCUT2D eigenvalue weighted by molar-refractivity contribution is 5.92. The summed E-state index contributed by atoms with van der Waals surface area (Å²) in [5.74, 6) is 0.0971. The number of likely N-dealkylation sites (tertiary alicyclic amines) is 1. The number of carbonyl (C=O) groups is 1. The Morgan fingerprint density at radius 1 is 1.33 bits per heavy atom. The summed E-state index contributed by atoms with van der Waals surface area (Å²) < 4.78 is 39.4. The first-order chi connectivity index (χ1) is 12.9. The second kappa shape index (κ2) is 8.15. The first-order valence-electron chi connectivity index (χ1n) is 9.37. The van der Waals surface area contributed by atoms with E-state index in [4.69, 9.17) is 0 Å². The number of benzene rings is 1. The number of nitrogens with zero attached hydrogens (tertiary/aromatic N) is 2. The molecule has 1 aromatic heterocycles. The van der Waals surface area contributed by atoms with Gasteiger partial charge in [0.25, 0.3) is 5.91 Å². The van der Waals surface area contributed by atoms with Gasteiger partial charge in [0.1, 0.15) is 5.69 Å². The number of amides is 1. The van der Waals surface area contributed by atoms with Crippen LogP contribution in [0.1, 0.15) is 53.5 Å². The fourth-order valence-electron chi connectivity index (χ4n) is 3.67. The molecule has 0 bridgehead atoms. The average Bonchev–Trinajstić information content (AvgIpc) is 3.15. The molecular weight excluding hydrogens is 355 g/mol. The van der Waals surface area contributed by atoms with E-state index in [1.165, 1.54) is 6.07 Å². The van der Waals surface area contributed by atoms with E-state index in [2.05, 4.69) is 10.2 Å². The van der Waals surface area contributed by atoms with Gasteiger partial charge in [0.2, 0.25) is 0 Å². The molecule has 2 aromatic rings. The molecule has 1 atom stereocenters. The Morgan fingerprint density at radius 3 is 2.81 bits per heavy atom. The molecule has 1 unspecified atom stereocenters. The molecule has 2 heterocycles. The van der Waals surface area contributed by atoms with E-state index in [0.29, 0.717) is 37.2 Å². The van der Waals surface area contributed by atoms with E-state index in [-0.39, 0.29) is 11.8 Å². The van der Waals surface area contributed by atoms with Crippen LogP contribution in [0.15, 0.2) is 30.3 Å². The van der Waals surface area contributed by atoms with Crippen molar-refractivity contribution in [2.24, 2.45) is 5.92 Å². The molecule has 1 amide bonds. The van der Waals surface area contributed by atoms with Crippen molar-refractivity contribution in [2.45, 2.75) is 45.2 Å². The van der Waals surface area contributed by atoms with Crippen LogP contribution in [0.2, 0.25) is 0 Å². The van der Waals surface area contributed by atoms with Crippen LogP contribution in [-0.4, -0.2) is 34.1 Å². The van der Waals surface area contributed by atoms with E-state index in [9.17, 15) is 18.0 Å². The van der Waals surface area contributed by atoms with E-state index >= 15 is 0 Å². The smallest absolute Gasteiger partial charge is 0.337 e. The fourth-order valence-corrected chi connectivity index (χ4v) is 3.67. The maximum Gasteiger partial charge on any atom is 0.416 e. The molecule has 4 nitrogen and oxygen atoms in total. The highest BCUT2D eigenvalue weighted by Crippen LogP contribution is 2.33.